The van der Waals surface area contributed by atoms with Crippen LogP contribution in [0.1, 0.15) is 41.7 Å². The Labute approximate surface area is 226 Å². The van der Waals surface area contributed by atoms with Gasteiger partial charge in [0, 0.05) is 35.8 Å². The van der Waals surface area contributed by atoms with Crippen LogP contribution in [0, 0.1) is 11.8 Å². The van der Waals surface area contributed by atoms with Crippen molar-refractivity contribution >= 4 is 28.2 Å². The van der Waals surface area contributed by atoms with Crippen LogP contribution in [0.2, 0.25) is 0 Å². The monoisotopic (exact) mass is 541 g/mol. The standard InChI is InChI=1S/C29H34F3N5O2/c1-33-20-10-12-21(13-11-20)36-24-7-4-8-26-23(24)17-22(37(26)18-29(30,31)32)6-5-15-35-25-14-9-19(28(38)34-2)16-27(25)39-3/h4,7-9,14,16-17,20-21,33,35-36H,10-13,15,18H2,1-3H3,(H,34,38)/t20-,21+. The van der Waals surface area contributed by atoms with Crippen molar-refractivity contribution in [3.63, 3.8) is 0 Å². The summed E-state index contributed by atoms with van der Waals surface area (Å²) in [4.78, 5) is 11.9. The summed E-state index contributed by atoms with van der Waals surface area (Å²) in [6, 6.07) is 12.9. The molecule has 0 spiro atoms. The number of methoxy groups -OCH3 is 1. The van der Waals surface area contributed by atoms with E-state index in [1.54, 1.807) is 43.4 Å². The lowest BCUT2D eigenvalue weighted by Crippen LogP contribution is -2.34. The van der Waals surface area contributed by atoms with Gasteiger partial charge in [0.15, 0.2) is 0 Å². The molecule has 10 heteroatoms. The molecule has 0 radical (unpaired) electrons. The summed E-state index contributed by atoms with van der Waals surface area (Å²) < 4.78 is 47.2. The summed E-state index contributed by atoms with van der Waals surface area (Å²) >= 11 is 0. The average Bonchev–Trinajstić information content (AvgIpc) is 3.27. The van der Waals surface area contributed by atoms with Crippen molar-refractivity contribution in [1.29, 1.82) is 0 Å². The number of ether oxygens (including phenoxy) is 1. The number of anilines is 2. The number of nitrogens with zero attached hydrogens (tertiary/aromatic N) is 1. The minimum atomic E-state index is -4.39. The highest BCUT2D eigenvalue weighted by atomic mass is 19.4. The molecule has 4 rings (SSSR count). The first-order valence-electron chi connectivity index (χ1n) is 13.0. The summed E-state index contributed by atoms with van der Waals surface area (Å²) in [5.74, 6) is 6.09. The average molecular weight is 542 g/mol. The van der Waals surface area contributed by atoms with Gasteiger partial charge >= 0.3 is 6.18 Å². The smallest absolute Gasteiger partial charge is 0.406 e. The number of fused-ring (bicyclic) bond motifs is 1. The third-order valence-corrected chi connectivity index (χ3v) is 7.05. The normalized spacial score (nSPS) is 17.3. The Morgan fingerprint density at radius 2 is 1.79 bits per heavy atom. The third-order valence-electron chi connectivity index (χ3n) is 7.05. The van der Waals surface area contributed by atoms with Crippen LogP contribution in [-0.4, -0.2) is 56.5 Å². The van der Waals surface area contributed by atoms with E-state index in [1.165, 1.54) is 11.7 Å². The van der Waals surface area contributed by atoms with Crippen molar-refractivity contribution in [3.8, 4) is 17.6 Å². The highest BCUT2D eigenvalue weighted by molar-refractivity contribution is 5.95. The van der Waals surface area contributed by atoms with Crippen molar-refractivity contribution in [1.82, 2.24) is 15.2 Å². The second-order valence-electron chi connectivity index (χ2n) is 9.60. The zero-order chi connectivity index (χ0) is 28.0. The van der Waals surface area contributed by atoms with Crippen LogP contribution in [0.5, 0.6) is 5.75 Å². The molecule has 7 nitrogen and oxygen atoms in total. The molecule has 1 aliphatic rings. The van der Waals surface area contributed by atoms with E-state index in [0.29, 0.717) is 34.3 Å². The van der Waals surface area contributed by atoms with Gasteiger partial charge in [-0.25, -0.2) is 0 Å². The van der Waals surface area contributed by atoms with E-state index >= 15 is 0 Å². The van der Waals surface area contributed by atoms with E-state index in [9.17, 15) is 18.0 Å². The minimum Gasteiger partial charge on any atom is -0.495 e. The Morgan fingerprint density at radius 3 is 2.46 bits per heavy atom. The predicted octanol–water partition coefficient (Wildman–Crippen LogP) is 4.98. The zero-order valence-corrected chi connectivity index (χ0v) is 22.3. The van der Waals surface area contributed by atoms with Gasteiger partial charge in [0.25, 0.3) is 5.91 Å². The van der Waals surface area contributed by atoms with E-state index in [4.69, 9.17) is 4.74 Å². The fourth-order valence-electron chi connectivity index (χ4n) is 5.01. The lowest BCUT2D eigenvalue weighted by molar-refractivity contribution is -0.140. The van der Waals surface area contributed by atoms with Crippen LogP contribution in [0.25, 0.3) is 10.9 Å². The van der Waals surface area contributed by atoms with E-state index in [2.05, 4.69) is 33.1 Å². The lowest BCUT2D eigenvalue weighted by Gasteiger charge is -2.29. The van der Waals surface area contributed by atoms with Gasteiger partial charge in [-0.3, -0.25) is 4.79 Å². The molecule has 3 aromatic rings. The minimum absolute atomic E-state index is 0.170. The van der Waals surface area contributed by atoms with Gasteiger partial charge in [0.1, 0.15) is 12.3 Å². The summed E-state index contributed by atoms with van der Waals surface area (Å²) in [5, 5.41) is 13.3. The SMILES string of the molecule is CNC(=O)c1ccc(NCC#Cc2cc3c(N[C@H]4CC[C@@H](NC)CC4)cccc3n2CC(F)(F)F)c(OC)c1. The number of aromatic nitrogens is 1. The fraction of sp³-hybridized carbons (Fsp3) is 0.414. The van der Waals surface area contributed by atoms with E-state index < -0.39 is 12.7 Å². The van der Waals surface area contributed by atoms with E-state index in [-0.39, 0.29) is 18.5 Å². The first-order valence-corrected chi connectivity index (χ1v) is 13.0. The first-order chi connectivity index (χ1) is 18.7. The number of carbonyl (C=O) groups excluding carboxylic acids is 1. The largest absolute Gasteiger partial charge is 0.495 e. The van der Waals surface area contributed by atoms with Gasteiger partial charge in [-0.05, 0) is 75.0 Å². The molecule has 1 amide bonds. The third kappa shape index (κ3) is 6.98. The number of carbonyl (C=O) groups is 1. The first kappa shape index (κ1) is 28.2. The van der Waals surface area contributed by atoms with Crippen molar-refractivity contribution in [2.75, 3.05) is 38.4 Å². The summed E-state index contributed by atoms with van der Waals surface area (Å²) in [6.07, 6.45) is -0.284. The lowest BCUT2D eigenvalue weighted by atomic mass is 9.91. The van der Waals surface area contributed by atoms with E-state index in [0.717, 1.165) is 36.8 Å². The molecule has 4 N–H and O–H groups in total. The van der Waals surface area contributed by atoms with Gasteiger partial charge in [0.2, 0.25) is 0 Å². The Morgan fingerprint density at radius 1 is 1.05 bits per heavy atom. The number of hydrogen-bond acceptors (Lipinski definition) is 5. The molecule has 0 unspecified atom stereocenters. The zero-order valence-electron chi connectivity index (χ0n) is 22.3. The molecular formula is C29H34F3N5O2. The van der Waals surface area contributed by atoms with Crippen molar-refractivity contribution in [3.05, 3.63) is 53.7 Å². The highest BCUT2D eigenvalue weighted by Gasteiger charge is 2.30. The Hall–Kier alpha value is -3.84. The van der Waals surface area contributed by atoms with Crippen molar-refractivity contribution in [2.45, 2.75) is 50.5 Å². The van der Waals surface area contributed by atoms with Crippen LogP contribution in [0.3, 0.4) is 0 Å². The maximum atomic E-state index is 13.5. The summed E-state index contributed by atoms with van der Waals surface area (Å²) in [7, 11) is 5.01. The van der Waals surface area contributed by atoms with Gasteiger partial charge in [0.05, 0.1) is 30.6 Å². The molecule has 1 saturated carbocycles. The Kier molecular flexibility index (Phi) is 8.92. The number of rotatable bonds is 8. The van der Waals surface area contributed by atoms with Crippen LogP contribution in [0.15, 0.2) is 42.5 Å². The molecule has 39 heavy (non-hydrogen) atoms. The van der Waals surface area contributed by atoms with Crippen molar-refractivity contribution < 1.29 is 22.7 Å². The second kappa shape index (κ2) is 12.3. The Balaban J connectivity index is 1.56. The maximum absolute atomic E-state index is 13.5. The molecule has 0 bridgehead atoms. The van der Waals surface area contributed by atoms with Gasteiger partial charge in [-0.1, -0.05) is 12.0 Å². The van der Waals surface area contributed by atoms with Gasteiger partial charge in [-0.15, -0.1) is 0 Å². The highest BCUT2D eigenvalue weighted by Crippen LogP contribution is 2.32. The number of amides is 1. The quantitative estimate of drug-likeness (QED) is 0.303. The number of benzene rings is 2. The number of hydrogen-bond donors (Lipinski definition) is 4. The topological polar surface area (TPSA) is 79.4 Å². The number of halogens is 3. The number of nitrogens with one attached hydrogen (secondary N) is 4. The molecule has 1 fully saturated rings. The molecule has 1 aromatic heterocycles. The Bertz CT molecular complexity index is 1360. The molecule has 0 saturated heterocycles. The van der Waals surface area contributed by atoms with Crippen molar-refractivity contribution in [2.24, 2.45) is 0 Å². The van der Waals surface area contributed by atoms with Crippen LogP contribution in [0.4, 0.5) is 24.5 Å². The maximum Gasteiger partial charge on any atom is 0.406 e. The van der Waals surface area contributed by atoms with E-state index in [1.807, 2.05) is 13.1 Å². The summed E-state index contributed by atoms with van der Waals surface area (Å²) in [6.45, 7) is -0.956. The molecule has 0 atom stereocenters. The number of alkyl halides is 3. The van der Waals surface area contributed by atoms with Crippen LogP contribution in [-0.2, 0) is 6.54 Å². The molecule has 1 heterocycles. The predicted molar refractivity (Wildman–Crippen MR) is 148 cm³/mol. The van der Waals surface area contributed by atoms with Gasteiger partial charge in [-0.2, -0.15) is 13.2 Å². The molecule has 0 aliphatic heterocycles. The van der Waals surface area contributed by atoms with Crippen LogP contribution < -0.4 is 26.0 Å². The molecule has 2 aromatic carbocycles. The molecular weight excluding hydrogens is 507 g/mol. The molecule has 208 valence electrons. The van der Waals surface area contributed by atoms with Crippen LogP contribution >= 0.6 is 0 Å². The van der Waals surface area contributed by atoms with Gasteiger partial charge < -0.3 is 30.6 Å². The summed E-state index contributed by atoms with van der Waals surface area (Å²) in [5.41, 5.74) is 2.67. The fourth-order valence-corrected chi connectivity index (χ4v) is 5.01. The molecule has 1 aliphatic carbocycles. The second-order valence-corrected chi connectivity index (χ2v) is 9.60.